The third kappa shape index (κ3) is 5.11. The van der Waals surface area contributed by atoms with Gasteiger partial charge in [-0.2, -0.15) is 0 Å². The Kier molecular flexibility index (Phi) is 6.41. The summed E-state index contributed by atoms with van der Waals surface area (Å²) in [7, 11) is 1.83. The van der Waals surface area contributed by atoms with Crippen LogP contribution in [0, 0.1) is 12.3 Å². The predicted molar refractivity (Wildman–Crippen MR) is 104 cm³/mol. The van der Waals surface area contributed by atoms with Gasteiger partial charge in [-0.3, -0.25) is 0 Å². The van der Waals surface area contributed by atoms with E-state index in [9.17, 15) is 0 Å². The Morgan fingerprint density at radius 3 is 2.62 bits per heavy atom. The summed E-state index contributed by atoms with van der Waals surface area (Å²) in [6.07, 6.45) is 5.00. The summed E-state index contributed by atoms with van der Waals surface area (Å²) in [5.41, 5.74) is 4.89. The molecule has 0 aromatic heterocycles. The molecule has 0 aliphatic heterocycles. The lowest BCUT2D eigenvalue weighted by atomic mass is 10.00. The van der Waals surface area contributed by atoms with E-state index in [-0.39, 0.29) is 0 Å². The summed E-state index contributed by atoms with van der Waals surface area (Å²) in [6, 6.07) is 13.5. The first-order valence-electron chi connectivity index (χ1n) is 7.80. The Labute approximate surface area is 148 Å². The summed E-state index contributed by atoms with van der Waals surface area (Å²) in [5.74, 6) is 5.89. The molecular weight excluding hydrogens is 320 g/mol. The minimum absolute atomic E-state index is 0.561. The third-order valence-electron chi connectivity index (χ3n) is 3.79. The van der Waals surface area contributed by atoms with Gasteiger partial charge in [-0.15, -0.1) is 0 Å². The number of hydrogen-bond donors (Lipinski definition) is 3. The molecular formula is C19H23ClN4. The van der Waals surface area contributed by atoms with Gasteiger partial charge in [0.2, 0.25) is 0 Å². The van der Waals surface area contributed by atoms with Crippen LogP contribution in [0.3, 0.4) is 0 Å². The van der Waals surface area contributed by atoms with Crippen molar-refractivity contribution in [1.29, 1.82) is 5.41 Å². The number of aryl methyl sites for hydroxylation is 1. The molecule has 0 saturated heterocycles. The number of benzene rings is 2. The van der Waals surface area contributed by atoms with Crippen molar-refractivity contribution in [2.75, 3.05) is 17.4 Å². The number of anilines is 2. The topological polar surface area (TPSA) is 65.1 Å². The Morgan fingerprint density at radius 1 is 1.25 bits per heavy atom. The fourth-order valence-corrected chi connectivity index (χ4v) is 2.60. The first-order chi connectivity index (χ1) is 11.5. The van der Waals surface area contributed by atoms with Gasteiger partial charge in [0.05, 0.1) is 5.69 Å². The first kappa shape index (κ1) is 18.0. The molecule has 0 fully saturated rings. The molecule has 2 aromatic carbocycles. The van der Waals surface area contributed by atoms with E-state index in [2.05, 4.69) is 18.3 Å². The monoisotopic (exact) mass is 342 g/mol. The predicted octanol–water partition coefficient (Wildman–Crippen LogP) is 4.54. The molecule has 0 heterocycles. The van der Waals surface area contributed by atoms with Crippen molar-refractivity contribution in [3.05, 3.63) is 70.9 Å². The number of hydrogen-bond acceptors (Lipinski definition) is 4. The summed E-state index contributed by atoms with van der Waals surface area (Å²) in [6.45, 7) is 2.07. The van der Waals surface area contributed by atoms with E-state index in [0.717, 1.165) is 17.8 Å². The molecule has 4 N–H and O–H groups in total. The van der Waals surface area contributed by atoms with Gasteiger partial charge in [-0.1, -0.05) is 23.7 Å². The van der Waals surface area contributed by atoms with Crippen molar-refractivity contribution >= 4 is 28.7 Å². The van der Waals surface area contributed by atoms with Crippen LogP contribution in [0.1, 0.15) is 17.5 Å². The second-order valence-electron chi connectivity index (χ2n) is 5.69. The van der Waals surface area contributed by atoms with Crippen molar-refractivity contribution < 1.29 is 0 Å². The smallest absolute Gasteiger partial charge is 0.0548 e. The van der Waals surface area contributed by atoms with E-state index < -0.39 is 0 Å². The lowest BCUT2D eigenvalue weighted by Gasteiger charge is -2.18. The molecule has 0 radical (unpaired) electrons. The number of nitrogens with one attached hydrogen (secondary N) is 2. The fraction of sp³-hybridized carbons (Fsp3) is 0.211. The van der Waals surface area contributed by atoms with Gasteiger partial charge in [0.25, 0.3) is 0 Å². The standard InChI is InChI=1S/C19H23ClN4/c1-14-4-3-5-19(24(2)22)18(14)11-8-16(21)12-13-23-17-9-6-15(20)7-10-17/h3-7,9-10,12-13,21,23H,8,11,22H2,1-2H3/b13-12-,21-16?. The normalized spacial score (nSPS) is 10.8. The largest absolute Gasteiger partial charge is 0.362 e. The van der Waals surface area contributed by atoms with Gasteiger partial charge in [0.1, 0.15) is 0 Å². The van der Waals surface area contributed by atoms with Crippen molar-refractivity contribution in [1.82, 2.24) is 0 Å². The van der Waals surface area contributed by atoms with Crippen molar-refractivity contribution in [2.45, 2.75) is 19.8 Å². The maximum absolute atomic E-state index is 8.09. The maximum atomic E-state index is 8.09. The molecule has 0 bridgehead atoms. The number of nitrogens with zero attached hydrogens (tertiary/aromatic N) is 1. The minimum atomic E-state index is 0.561. The lowest BCUT2D eigenvalue weighted by Crippen LogP contribution is -2.26. The second-order valence-corrected chi connectivity index (χ2v) is 6.13. The Bertz CT molecular complexity index is 721. The molecule has 2 aromatic rings. The fourth-order valence-electron chi connectivity index (χ4n) is 2.47. The van der Waals surface area contributed by atoms with Gasteiger partial charge in [-0.25, -0.2) is 5.84 Å². The average molecular weight is 343 g/mol. The van der Waals surface area contributed by atoms with Crippen LogP contribution < -0.4 is 16.2 Å². The quantitative estimate of drug-likeness (QED) is 0.393. The van der Waals surface area contributed by atoms with Crippen molar-refractivity contribution in [3.8, 4) is 0 Å². The number of allylic oxidation sites excluding steroid dienone is 1. The van der Waals surface area contributed by atoms with E-state index >= 15 is 0 Å². The SMILES string of the molecule is Cc1cccc(N(C)N)c1CCC(=N)/C=C\Nc1ccc(Cl)cc1. The van der Waals surface area contributed by atoms with Crippen molar-refractivity contribution in [2.24, 2.45) is 5.84 Å². The molecule has 0 saturated carbocycles. The summed E-state index contributed by atoms with van der Waals surface area (Å²) < 4.78 is 0. The molecule has 4 nitrogen and oxygen atoms in total. The van der Waals surface area contributed by atoms with Crippen LogP contribution in [-0.2, 0) is 6.42 Å². The van der Waals surface area contributed by atoms with Crippen LogP contribution in [-0.4, -0.2) is 12.8 Å². The van der Waals surface area contributed by atoms with E-state index in [1.807, 2.05) is 43.4 Å². The van der Waals surface area contributed by atoms with Crippen LogP contribution in [0.15, 0.2) is 54.7 Å². The Balaban J connectivity index is 1.91. The van der Waals surface area contributed by atoms with E-state index in [1.165, 1.54) is 11.1 Å². The number of hydrazine groups is 1. The highest BCUT2D eigenvalue weighted by Gasteiger charge is 2.08. The van der Waals surface area contributed by atoms with E-state index in [1.54, 1.807) is 17.3 Å². The minimum Gasteiger partial charge on any atom is -0.362 e. The van der Waals surface area contributed by atoms with E-state index in [0.29, 0.717) is 17.2 Å². The highest BCUT2D eigenvalue weighted by Crippen LogP contribution is 2.23. The number of nitrogens with two attached hydrogens (primary N) is 1. The van der Waals surface area contributed by atoms with Crippen LogP contribution in [0.5, 0.6) is 0 Å². The lowest BCUT2D eigenvalue weighted by molar-refractivity contribution is 0.954. The molecule has 5 heteroatoms. The molecule has 0 amide bonds. The van der Waals surface area contributed by atoms with Gasteiger partial charge in [0, 0.05) is 29.7 Å². The zero-order valence-corrected chi connectivity index (χ0v) is 14.8. The zero-order valence-electron chi connectivity index (χ0n) is 14.0. The molecule has 0 unspecified atom stereocenters. The third-order valence-corrected chi connectivity index (χ3v) is 4.04. The van der Waals surface area contributed by atoms with Gasteiger partial charge in [0.15, 0.2) is 0 Å². The van der Waals surface area contributed by atoms with E-state index in [4.69, 9.17) is 22.9 Å². The molecule has 0 aliphatic carbocycles. The Hall–Kier alpha value is -2.30. The highest BCUT2D eigenvalue weighted by atomic mass is 35.5. The van der Waals surface area contributed by atoms with Gasteiger partial charge in [-0.05, 0) is 67.3 Å². The Morgan fingerprint density at radius 2 is 1.96 bits per heavy atom. The highest BCUT2D eigenvalue weighted by molar-refractivity contribution is 6.30. The second kappa shape index (κ2) is 8.52. The molecule has 2 rings (SSSR count). The molecule has 24 heavy (non-hydrogen) atoms. The number of halogens is 1. The van der Waals surface area contributed by atoms with Crippen LogP contribution in [0.2, 0.25) is 5.02 Å². The maximum Gasteiger partial charge on any atom is 0.0548 e. The summed E-state index contributed by atoms with van der Waals surface area (Å²) in [5, 5.41) is 13.6. The number of rotatable bonds is 7. The summed E-state index contributed by atoms with van der Waals surface area (Å²) in [4.78, 5) is 0. The average Bonchev–Trinajstić information content (AvgIpc) is 2.55. The van der Waals surface area contributed by atoms with Crippen LogP contribution >= 0.6 is 11.6 Å². The van der Waals surface area contributed by atoms with Crippen molar-refractivity contribution in [3.63, 3.8) is 0 Å². The van der Waals surface area contributed by atoms with Crippen LogP contribution in [0.4, 0.5) is 11.4 Å². The van der Waals surface area contributed by atoms with Gasteiger partial charge < -0.3 is 15.7 Å². The van der Waals surface area contributed by atoms with Crippen LogP contribution in [0.25, 0.3) is 0 Å². The van der Waals surface area contributed by atoms with Gasteiger partial charge >= 0.3 is 0 Å². The summed E-state index contributed by atoms with van der Waals surface area (Å²) >= 11 is 5.85. The first-order valence-corrected chi connectivity index (χ1v) is 8.18. The zero-order chi connectivity index (χ0) is 17.5. The molecule has 126 valence electrons. The molecule has 0 spiro atoms. The molecule has 0 atom stereocenters. The molecule has 0 aliphatic rings.